The number of ether oxygens (including phenoxy) is 1. The third kappa shape index (κ3) is 3.59. The summed E-state index contributed by atoms with van der Waals surface area (Å²) in [7, 11) is 1.75. The average Bonchev–Trinajstić information content (AvgIpc) is 3.32. The van der Waals surface area contributed by atoms with Crippen LogP contribution in [0.1, 0.15) is 23.0 Å². The van der Waals surface area contributed by atoms with E-state index in [0.717, 1.165) is 21.5 Å². The Bertz CT molecular complexity index is 1110. The van der Waals surface area contributed by atoms with Crippen LogP contribution < -0.4 is 9.64 Å². The molecule has 3 heterocycles. The number of rotatable bonds is 6. The summed E-state index contributed by atoms with van der Waals surface area (Å²) in [6.45, 7) is 2.92. The highest BCUT2D eigenvalue weighted by molar-refractivity contribution is 7.22. The summed E-state index contributed by atoms with van der Waals surface area (Å²) in [6, 6.07) is 11.3. The Hall–Kier alpha value is -3.26. The van der Waals surface area contributed by atoms with Crippen LogP contribution in [-0.2, 0) is 13.6 Å². The molecule has 0 spiro atoms. The first-order valence-corrected chi connectivity index (χ1v) is 9.69. The van der Waals surface area contributed by atoms with Gasteiger partial charge in [-0.3, -0.25) is 19.4 Å². The lowest BCUT2D eigenvalue weighted by Gasteiger charge is -2.19. The molecule has 142 valence electrons. The average molecular weight is 393 g/mol. The fraction of sp³-hybridized carbons (Fsp3) is 0.200. The van der Waals surface area contributed by atoms with E-state index in [4.69, 9.17) is 4.74 Å². The zero-order valence-electron chi connectivity index (χ0n) is 15.6. The van der Waals surface area contributed by atoms with Crippen LogP contribution in [0.2, 0.25) is 0 Å². The molecule has 0 aliphatic heterocycles. The number of hydrogen-bond acceptors (Lipinski definition) is 6. The van der Waals surface area contributed by atoms with Gasteiger partial charge in [0.25, 0.3) is 5.91 Å². The molecular formula is C20H19N5O2S. The number of thiazole rings is 1. The molecular weight excluding hydrogens is 374 g/mol. The number of aromatic nitrogens is 4. The summed E-state index contributed by atoms with van der Waals surface area (Å²) < 4.78 is 8.12. The number of carbonyl (C=O) groups excluding carboxylic acids is 1. The van der Waals surface area contributed by atoms with Crippen LogP contribution in [0, 0.1) is 0 Å². The van der Waals surface area contributed by atoms with Crippen molar-refractivity contribution in [2.24, 2.45) is 7.05 Å². The number of carbonyl (C=O) groups is 1. The highest BCUT2D eigenvalue weighted by atomic mass is 32.1. The van der Waals surface area contributed by atoms with E-state index in [9.17, 15) is 4.79 Å². The van der Waals surface area contributed by atoms with Crippen LogP contribution in [0.5, 0.6) is 5.75 Å². The lowest BCUT2D eigenvalue weighted by molar-refractivity contribution is 0.0976. The van der Waals surface area contributed by atoms with Gasteiger partial charge in [0.2, 0.25) is 0 Å². The second-order valence-electron chi connectivity index (χ2n) is 6.15. The van der Waals surface area contributed by atoms with Crippen LogP contribution in [0.3, 0.4) is 0 Å². The summed E-state index contributed by atoms with van der Waals surface area (Å²) in [5, 5.41) is 4.74. The molecule has 8 heteroatoms. The van der Waals surface area contributed by atoms with E-state index in [2.05, 4.69) is 15.1 Å². The number of amides is 1. The molecule has 0 fully saturated rings. The minimum Gasteiger partial charge on any atom is -0.494 e. The summed E-state index contributed by atoms with van der Waals surface area (Å²) in [6.07, 6.45) is 5.08. The van der Waals surface area contributed by atoms with Gasteiger partial charge in [-0.15, -0.1) is 0 Å². The molecule has 0 atom stereocenters. The van der Waals surface area contributed by atoms with Gasteiger partial charge in [-0.1, -0.05) is 17.4 Å². The molecule has 4 aromatic rings. The van der Waals surface area contributed by atoms with E-state index in [1.165, 1.54) is 11.3 Å². The van der Waals surface area contributed by atoms with Gasteiger partial charge in [-0.05, 0) is 42.8 Å². The number of hydrogen-bond donors (Lipinski definition) is 0. The third-order valence-corrected chi connectivity index (χ3v) is 5.28. The Morgan fingerprint density at radius 3 is 2.86 bits per heavy atom. The van der Waals surface area contributed by atoms with Crippen molar-refractivity contribution in [3.05, 3.63) is 66.2 Å². The fourth-order valence-electron chi connectivity index (χ4n) is 2.89. The summed E-state index contributed by atoms with van der Waals surface area (Å²) in [5.41, 5.74) is 2.25. The molecule has 4 rings (SSSR count). The summed E-state index contributed by atoms with van der Waals surface area (Å²) in [5.74, 6) is 0.634. The van der Waals surface area contributed by atoms with Gasteiger partial charge in [0, 0.05) is 25.6 Å². The molecule has 0 radical (unpaired) electrons. The maximum Gasteiger partial charge on any atom is 0.278 e. The zero-order chi connectivity index (χ0) is 19.5. The topological polar surface area (TPSA) is 73.1 Å². The first-order chi connectivity index (χ1) is 13.7. The van der Waals surface area contributed by atoms with E-state index in [1.54, 1.807) is 41.3 Å². The van der Waals surface area contributed by atoms with Gasteiger partial charge in [-0.25, -0.2) is 4.98 Å². The normalized spacial score (nSPS) is 10.9. The van der Waals surface area contributed by atoms with Gasteiger partial charge in [-0.2, -0.15) is 5.10 Å². The van der Waals surface area contributed by atoms with Crippen molar-refractivity contribution in [1.82, 2.24) is 19.7 Å². The smallest absolute Gasteiger partial charge is 0.278 e. The van der Waals surface area contributed by atoms with E-state index in [1.807, 2.05) is 37.3 Å². The predicted molar refractivity (Wildman–Crippen MR) is 109 cm³/mol. The summed E-state index contributed by atoms with van der Waals surface area (Å²) >= 11 is 1.46. The summed E-state index contributed by atoms with van der Waals surface area (Å²) in [4.78, 5) is 23.8. The Morgan fingerprint density at radius 2 is 2.14 bits per heavy atom. The van der Waals surface area contributed by atoms with Gasteiger partial charge in [0.15, 0.2) is 5.13 Å². The molecule has 0 aliphatic carbocycles. The number of pyridine rings is 1. The first kappa shape index (κ1) is 18.1. The van der Waals surface area contributed by atoms with Crippen molar-refractivity contribution < 1.29 is 9.53 Å². The molecule has 3 aromatic heterocycles. The van der Waals surface area contributed by atoms with Gasteiger partial charge in [0.05, 0.1) is 23.4 Å². The molecule has 7 nitrogen and oxygen atoms in total. The minimum atomic E-state index is -0.159. The SMILES string of the molecule is CCOc1ccc2nc(N(Cc3cccnc3)C(=O)c3ccnn3C)sc2c1. The van der Waals surface area contributed by atoms with Crippen LogP contribution in [0.4, 0.5) is 5.13 Å². The standard InChI is InChI=1S/C20H19N5O2S/c1-3-27-15-6-7-16-18(11-15)28-20(23-16)25(13-14-5-4-9-21-12-14)19(26)17-8-10-22-24(17)2/h4-12H,3,13H2,1-2H3. The molecule has 28 heavy (non-hydrogen) atoms. The third-order valence-electron chi connectivity index (χ3n) is 4.24. The minimum absolute atomic E-state index is 0.159. The lowest BCUT2D eigenvalue weighted by atomic mass is 10.2. The van der Waals surface area contributed by atoms with Crippen molar-refractivity contribution >= 4 is 32.6 Å². The number of nitrogens with zero attached hydrogens (tertiary/aromatic N) is 5. The molecule has 0 saturated heterocycles. The quantitative estimate of drug-likeness (QED) is 0.500. The molecule has 1 amide bonds. The Labute approximate surface area is 166 Å². The van der Waals surface area contributed by atoms with Crippen LogP contribution in [0.25, 0.3) is 10.2 Å². The fourth-order valence-corrected chi connectivity index (χ4v) is 3.88. The van der Waals surface area contributed by atoms with Crippen molar-refractivity contribution in [1.29, 1.82) is 0 Å². The van der Waals surface area contributed by atoms with Crippen molar-refractivity contribution in [3.63, 3.8) is 0 Å². The molecule has 0 unspecified atom stereocenters. The van der Waals surface area contributed by atoms with Crippen molar-refractivity contribution in [2.75, 3.05) is 11.5 Å². The molecule has 0 bridgehead atoms. The molecule has 0 saturated carbocycles. The van der Waals surface area contributed by atoms with E-state index in [-0.39, 0.29) is 5.91 Å². The number of anilines is 1. The van der Waals surface area contributed by atoms with Crippen LogP contribution in [0.15, 0.2) is 55.0 Å². The molecule has 1 aromatic carbocycles. The highest BCUT2D eigenvalue weighted by Gasteiger charge is 2.24. The maximum absolute atomic E-state index is 13.3. The molecule has 0 aliphatic rings. The van der Waals surface area contributed by atoms with Crippen LogP contribution in [-0.4, -0.2) is 32.3 Å². The van der Waals surface area contributed by atoms with E-state index in [0.29, 0.717) is 24.0 Å². The molecule has 0 N–H and O–H groups in total. The Morgan fingerprint density at radius 1 is 1.25 bits per heavy atom. The largest absolute Gasteiger partial charge is 0.494 e. The maximum atomic E-state index is 13.3. The highest BCUT2D eigenvalue weighted by Crippen LogP contribution is 2.33. The number of fused-ring (bicyclic) bond motifs is 1. The Kier molecular flexibility index (Phi) is 5.03. The van der Waals surface area contributed by atoms with Crippen LogP contribution >= 0.6 is 11.3 Å². The monoisotopic (exact) mass is 393 g/mol. The lowest BCUT2D eigenvalue weighted by Crippen LogP contribution is -2.31. The predicted octanol–water partition coefficient (Wildman–Crippen LogP) is 3.67. The Balaban J connectivity index is 1.75. The second kappa shape index (κ2) is 7.77. The zero-order valence-corrected chi connectivity index (χ0v) is 16.4. The van der Waals surface area contributed by atoms with E-state index < -0.39 is 0 Å². The number of benzene rings is 1. The van der Waals surface area contributed by atoms with Gasteiger partial charge < -0.3 is 4.74 Å². The van der Waals surface area contributed by atoms with Crippen molar-refractivity contribution in [3.8, 4) is 5.75 Å². The van der Waals surface area contributed by atoms with E-state index >= 15 is 0 Å². The number of aryl methyl sites for hydroxylation is 1. The van der Waals surface area contributed by atoms with Gasteiger partial charge >= 0.3 is 0 Å². The second-order valence-corrected chi connectivity index (χ2v) is 7.16. The first-order valence-electron chi connectivity index (χ1n) is 8.88. The van der Waals surface area contributed by atoms with Crippen molar-refractivity contribution in [2.45, 2.75) is 13.5 Å². The van der Waals surface area contributed by atoms with Gasteiger partial charge in [0.1, 0.15) is 11.4 Å².